The van der Waals surface area contributed by atoms with Crippen LogP contribution in [0.2, 0.25) is 0 Å². The standard InChI is InChI=1S/C14H14BrFN2O3S2/c1-9-2-3-10(8-11(9)16)18-13(19)6-7-17-23(20,21)14-5-4-12(15)22-14/h2-5,8,17H,6-7H2,1H3,(H,18,19). The van der Waals surface area contributed by atoms with Gasteiger partial charge in [-0.1, -0.05) is 6.07 Å². The van der Waals surface area contributed by atoms with Crippen molar-refractivity contribution in [3.05, 3.63) is 45.5 Å². The Morgan fingerprint density at radius 1 is 1.30 bits per heavy atom. The molecule has 1 aromatic carbocycles. The minimum absolute atomic E-state index is 0.0436. The number of anilines is 1. The fourth-order valence-electron chi connectivity index (χ4n) is 1.71. The highest BCUT2D eigenvalue weighted by molar-refractivity contribution is 9.11. The summed E-state index contributed by atoms with van der Waals surface area (Å²) in [6.07, 6.45) is -0.0543. The van der Waals surface area contributed by atoms with Crippen LogP contribution in [0.25, 0.3) is 0 Å². The minimum atomic E-state index is -3.62. The second-order valence-corrected chi connectivity index (χ2v) is 9.18. The molecule has 0 aliphatic rings. The van der Waals surface area contributed by atoms with Crippen molar-refractivity contribution < 1.29 is 17.6 Å². The molecule has 0 atom stereocenters. The third-order valence-corrected chi connectivity index (χ3v) is 6.49. The van der Waals surface area contributed by atoms with Gasteiger partial charge in [-0.15, -0.1) is 11.3 Å². The monoisotopic (exact) mass is 420 g/mol. The Kier molecular flexibility index (Phi) is 5.90. The first-order chi connectivity index (χ1) is 10.8. The Hall–Kier alpha value is -1.29. The van der Waals surface area contributed by atoms with Crippen LogP contribution in [0.3, 0.4) is 0 Å². The molecule has 0 fully saturated rings. The van der Waals surface area contributed by atoms with Gasteiger partial charge >= 0.3 is 0 Å². The number of thiophene rings is 1. The molecular formula is C14H14BrFN2O3S2. The topological polar surface area (TPSA) is 75.3 Å². The van der Waals surface area contributed by atoms with E-state index in [4.69, 9.17) is 0 Å². The van der Waals surface area contributed by atoms with Gasteiger partial charge in [-0.25, -0.2) is 17.5 Å². The van der Waals surface area contributed by atoms with Crippen molar-refractivity contribution in [2.24, 2.45) is 0 Å². The maximum absolute atomic E-state index is 13.4. The number of carbonyl (C=O) groups is 1. The molecule has 0 radical (unpaired) electrons. The van der Waals surface area contributed by atoms with E-state index in [1.807, 2.05) is 0 Å². The lowest BCUT2D eigenvalue weighted by Crippen LogP contribution is -2.27. The lowest BCUT2D eigenvalue weighted by molar-refractivity contribution is -0.116. The summed E-state index contributed by atoms with van der Waals surface area (Å²) in [7, 11) is -3.62. The van der Waals surface area contributed by atoms with E-state index < -0.39 is 21.7 Å². The van der Waals surface area contributed by atoms with E-state index in [1.165, 1.54) is 12.1 Å². The van der Waals surface area contributed by atoms with Crippen molar-refractivity contribution in [1.29, 1.82) is 0 Å². The van der Waals surface area contributed by atoms with Gasteiger partial charge in [0.25, 0.3) is 0 Å². The van der Waals surface area contributed by atoms with Crippen LogP contribution >= 0.6 is 27.3 Å². The van der Waals surface area contributed by atoms with Crippen molar-refractivity contribution in [2.45, 2.75) is 17.6 Å². The van der Waals surface area contributed by atoms with E-state index in [1.54, 1.807) is 25.1 Å². The fraction of sp³-hybridized carbons (Fsp3) is 0.214. The molecule has 0 bridgehead atoms. The highest BCUT2D eigenvalue weighted by Crippen LogP contribution is 2.25. The maximum atomic E-state index is 13.4. The molecule has 9 heteroatoms. The molecule has 0 saturated heterocycles. The molecule has 0 saturated carbocycles. The average Bonchev–Trinajstić information content (AvgIpc) is 2.90. The molecule has 0 aliphatic carbocycles. The number of carbonyl (C=O) groups excluding carboxylic acids is 1. The van der Waals surface area contributed by atoms with Crippen molar-refractivity contribution in [2.75, 3.05) is 11.9 Å². The van der Waals surface area contributed by atoms with Crippen LogP contribution in [-0.4, -0.2) is 20.9 Å². The summed E-state index contributed by atoms with van der Waals surface area (Å²) >= 11 is 4.28. The van der Waals surface area contributed by atoms with Gasteiger partial charge in [0.1, 0.15) is 10.0 Å². The summed E-state index contributed by atoms with van der Waals surface area (Å²) in [5.41, 5.74) is 0.820. The first kappa shape index (κ1) is 18.1. The zero-order valence-corrected chi connectivity index (χ0v) is 15.3. The molecule has 1 aromatic heterocycles. The van der Waals surface area contributed by atoms with Gasteiger partial charge in [0, 0.05) is 18.7 Å². The van der Waals surface area contributed by atoms with Gasteiger partial charge in [0.2, 0.25) is 15.9 Å². The lowest BCUT2D eigenvalue weighted by Gasteiger charge is -2.07. The minimum Gasteiger partial charge on any atom is -0.326 e. The number of amides is 1. The summed E-state index contributed by atoms with van der Waals surface area (Å²) in [4.78, 5) is 11.8. The molecule has 1 heterocycles. The van der Waals surface area contributed by atoms with Crippen molar-refractivity contribution >= 4 is 48.9 Å². The third kappa shape index (κ3) is 5.10. The van der Waals surface area contributed by atoms with Crippen molar-refractivity contribution in [3.63, 3.8) is 0 Å². The van der Waals surface area contributed by atoms with Crippen LogP contribution in [0, 0.1) is 12.7 Å². The van der Waals surface area contributed by atoms with Crippen molar-refractivity contribution in [3.8, 4) is 0 Å². The molecule has 124 valence electrons. The van der Waals surface area contributed by atoms with E-state index in [0.717, 1.165) is 11.3 Å². The van der Waals surface area contributed by atoms with E-state index in [0.29, 0.717) is 15.0 Å². The van der Waals surface area contributed by atoms with Gasteiger partial charge in [-0.05, 0) is 52.7 Å². The van der Waals surface area contributed by atoms with E-state index >= 15 is 0 Å². The predicted molar refractivity (Wildman–Crippen MR) is 91.6 cm³/mol. The predicted octanol–water partition coefficient (Wildman–Crippen LogP) is 3.27. The zero-order chi connectivity index (χ0) is 17.0. The van der Waals surface area contributed by atoms with Crippen LogP contribution in [0.1, 0.15) is 12.0 Å². The van der Waals surface area contributed by atoms with Gasteiger partial charge in [-0.2, -0.15) is 0 Å². The summed E-state index contributed by atoms with van der Waals surface area (Å²) in [5, 5.41) is 2.52. The highest BCUT2D eigenvalue weighted by Gasteiger charge is 2.16. The molecule has 1 amide bonds. The molecule has 2 rings (SSSR count). The number of rotatable bonds is 6. The first-order valence-corrected chi connectivity index (χ1v) is 9.68. The molecular weight excluding hydrogens is 407 g/mol. The summed E-state index contributed by atoms with van der Waals surface area (Å²) < 4.78 is 40.5. The third-order valence-electron chi connectivity index (χ3n) is 2.91. The van der Waals surface area contributed by atoms with Crippen LogP contribution in [0.4, 0.5) is 10.1 Å². The van der Waals surface area contributed by atoms with Gasteiger partial charge < -0.3 is 5.32 Å². The Labute approximate surface area is 146 Å². The Balaban J connectivity index is 1.86. The van der Waals surface area contributed by atoms with E-state index in [2.05, 4.69) is 26.0 Å². The highest BCUT2D eigenvalue weighted by atomic mass is 79.9. The Bertz CT molecular complexity index is 821. The average molecular weight is 421 g/mol. The summed E-state index contributed by atoms with van der Waals surface area (Å²) in [5.74, 6) is -0.810. The first-order valence-electron chi connectivity index (χ1n) is 6.59. The number of nitrogens with one attached hydrogen (secondary N) is 2. The Morgan fingerprint density at radius 2 is 2.04 bits per heavy atom. The van der Waals surface area contributed by atoms with Crippen LogP contribution in [-0.2, 0) is 14.8 Å². The van der Waals surface area contributed by atoms with Crippen molar-refractivity contribution in [1.82, 2.24) is 4.72 Å². The smallest absolute Gasteiger partial charge is 0.250 e. The number of hydrogen-bond donors (Lipinski definition) is 2. The second-order valence-electron chi connectivity index (χ2n) is 4.72. The molecule has 23 heavy (non-hydrogen) atoms. The number of aryl methyl sites for hydroxylation is 1. The van der Waals surface area contributed by atoms with Crippen LogP contribution in [0.5, 0.6) is 0 Å². The lowest BCUT2D eigenvalue weighted by atomic mass is 10.2. The number of sulfonamides is 1. The van der Waals surface area contributed by atoms with Gasteiger partial charge in [-0.3, -0.25) is 4.79 Å². The molecule has 2 N–H and O–H groups in total. The van der Waals surface area contributed by atoms with Crippen LogP contribution < -0.4 is 10.0 Å². The normalized spacial score (nSPS) is 11.4. The maximum Gasteiger partial charge on any atom is 0.250 e. The van der Waals surface area contributed by atoms with Crippen LogP contribution in [0.15, 0.2) is 38.3 Å². The number of hydrogen-bond acceptors (Lipinski definition) is 4. The summed E-state index contributed by atoms with van der Waals surface area (Å²) in [6, 6.07) is 7.48. The van der Waals surface area contributed by atoms with E-state index in [-0.39, 0.29) is 17.2 Å². The number of benzene rings is 1. The quantitative estimate of drug-likeness (QED) is 0.752. The summed E-state index contributed by atoms with van der Waals surface area (Å²) in [6.45, 7) is 1.58. The molecule has 0 spiro atoms. The molecule has 5 nitrogen and oxygen atoms in total. The Morgan fingerprint density at radius 3 is 2.65 bits per heavy atom. The SMILES string of the molecule is Cc1ccc(NC(=O)CCNS(=O)(=O)c2ccc(Br)s2)cc1F. The van der Waals surface area contributed by atoms with E-state index in [9.17, 15) is 17.6 Å². The fourth-order valence-corrected chi connectivity index (χ4v) is 4.79. The van der Waals surface area contributed by atoms with Gasteiger partial charge in [0.15, 0.2) is 0 Å². The second kappa shape index (κ2) is 7.52. The molecule has 0 unspecified atom stereocenters. The largest absolute Gasteiger partial charge is 0.326 e. The molecule has 2 aromatic rings. The molecule has 0 aliphatic heterocycles. The number of halogens is 2. The zero-order valence-electron chi connectivity index (χ0n) is 12.1. The van der Waals surface area contributed by atoms with Gasteiger partial charge in [0.05, 0.1) is 3.79 Å².